The first kappa shape index (κ1) is 9.77. The minimum atomic E-state index is -0.560. The quantitative estimate of drug-likeness (QED) is 0.676. The van der Waals surface area contributed by atoms with E-state index in [2.05, 4.69) is 50.2 Å². The lowest BCUT2D eigenvalue weighted by atomic mass is 10.4. The summed E-state index contributed by atoms with van der Waals surface area (Å²) in [5.41, 5.74) is 0. The lowest BCUT2D eigenvalue weighted by Crippen LogP contribution is -2.24. The Balaban J connectivity index is 2.83. The third kappa shape index (κ3) is 2.89. The number of rotatable bonds is 2. The fraction of sp³-hybridized carbons (Fsp3) is 0.250. The highest BCUT2D eigenvalue weighted by molar-refractivity contribution is 9.23. The minimum absolute atomic E-state index is 0.121. The van der Waals surface area contributed by atoms with E-state index < -0.39 is 8.80 Å². The molecule has 0 amide bonds. The van der Waals surface area contributed by atoms with Crippen LogP contribution in [0.3, 0.4) is 0 Å². The Bertz CT molecular complexity index is 220. The molecule has 0 aliphatic carbocycles. The van der Waals surface area contributed by atoms with E-state index in [0.717, 1.165) is 0 Å². The van der Waals surface area contributed by atoms with Crippen molar-refractivity contribution < 1.29 is 0 Å². The highest BCUT2D eigenvalue weighted by Crippen LogP contribution is 1.87. The van der Waals surface area contributed by atoms with Gasteiger partial charge in [-0.2, -0.15) is 3.69 Å². The minimum Gasteiger partial charge on any atom is -0.296 e. The van der Waals surface area contributed by atoms with Gasteiger partial charge in [-0.1, -0.05) is 42.5 Å². The molecule has 0 bridgehead atoms. The summed E-state index contributed by atoms with van der Waals surface area (Å²) in [5.74, 6) is 0. The number of benzene rings is 1. The number of hydrogen-bond acceptors (Lipinski definition) is 0. The highest BCUT2D eigenvalue weighted by Gasteiger charge is 1.99. The molecule has 3 heteroatoms. The highest BCUT2D eigenvalue weighted by atomic mass is 79.9. The first-order valence-electron chi connectivity index (χ1n) is 3.89. The SMILES string of the molecule is C[SiH](C)c1cc[c]([Mg][Br])cc1. The van der Waals surface area contributed by atoms with Gasteiger partial charge in [0.15, 0.2) is 0 Å². The topological polar surface area (TPSA) is 0 Å². The Morgan fingerprint density at radius 2 is 1.73 bits per heavy atom. The maximum Gasteiger partial charge on any atom is 0.506 e. The standard InChI is InChI=1S/C8H11Si.BrH.Mg/c1-9(2)8-6-4-3-5-7-8;;/h4-7,9H,1-2H3;1H;/q;;+1/p-1. The molecular weight excluding hydrogens is 228 g/mol. The van der Waals surface area contributed by atoms with Crippen molar-refractivity contribution in [3.8, 4) is 0 Å². The van der Waals surface area contributed by atoms with Crippen molar-refractivity contribution in [3.63, 3.8) is 0 Å². The summed E-state index contributed by atoms with van der Waals surface area (Å²) in [6.45, 7) is 4.72. The van der Waals surface area contributed by atoms with Crippen LogP contribution in [0.5, 0.6) is 0 Å². The molecule has 0 spiro atoms. The smallest absolute Gasteiger partial charge is 0.296 e. The van der Waals surface area contributed by atoms with Crippen LogP contribution in [0.25, 0.3) is 0 Å². The van der Waals surface area contributed by atoms with Crippen molar-refractivity contribution in [2.45, 2.75) is 13.1 Å². The summed E-state index contributed by atoms with van der Waals surface area (Å²) in [6.07, 6.45) is 0. The molecule has 1 rings (SSSR count). The van der Waals surface area contributed by atoms with Crippen LogP contribution in [-0.2, 0) is 0 Å². The van der Waals surface area contributed by atoms with Crippen molar-refractivity contribution in [2.24, 2.45) is 0 Å². The Morgan fingerprint density at radius 1 is 1.18 bits per heavy atom. The van der Waals surface area contributed by atoms with Gasteiger partial charge in [0.1, 0.15) is 0 Å². The monoisotopic (exact) mass is 238 g/mol. The largest absolute Gasteiger partial charge is 0.506 e. The van der Waals surface area contributed by atoms with Gasteiger partial charge in [-0.05, 0) is 0 Å². The molecule has 0 radical (unpaired) electrons. The zero-order chi connectivity index (χ0) is 8.27. The molecule has 0 aromatic heterocycles. The van der Waals surface area contributed by atoms with E-state index in [4.69, 9.17) is 0 Å². The van der Waals surface area contributed by atoms with Crippen LogP contribution in [0.4, 0.5) is 0 Å². The van der Waals surface area contributed by atoms with E-state index in [1.807, 2.05) is 0 Å². The predicted molar refractivity (Wildman–Crippen MR) is 59.3 cm³/mol. The first-order chi connectivity index (χ1) is 5.24. The Labute approximate surface area is 85.6 Å². The summed E-state index contributed by atoms with van der Waals surface area (Å²) < 4.78 is 1.50. The van der Waals surface area contributed by atoms with Crippen LogP contribution in [0, 0.1) is 0 Å². The second kappa shape index (κ2) is 4.65. The molecule has 0 saturated heterocycles. The molecule has 0 atom stereocenters. The lowest BCUT2D eigenvalue weighted by Gasteiger charge is -2.03. The van der Waals surface area contributed by atoms with E-state index >= 15 is 0 Å². The van der Waals surface area contributed by atoms with Gasteiger partial charge in [-0.25, -0.2) is 0 Å². The molecule has 0 aliphatic rings. The van der Waals surface area contributed by atoms with Crippen LogP contribution in [0.2, 0.25) is 13.1 Å². The summed E-state index contributed by atoms with van der Waals surface area (Å²) >= 11 is 3.45. The maximum absolute atomic E-state index is 3.57. The summed E-state index contributed by atoms with van der Waals surface area (Å²) in [6, 6.07) is 9.12. The molecule has 0 aliphatic heterocycles. The molecule has 0 saturated carbocycles. The van der Waals surface area contributed by atoms with Crippen LogP contribution in [-0.4, -0.2) is 27.0 Å². The Morgan fingerprint density at radius 3 is 2.09 bits per heavy atom. The summed E-state index contributed by atoms with van der Waals surface area (Å²) in [7, 11) is -0.560. The van der Waals surface area contributed by atoms with Gasteiger partial charge in [-0.3, -0.25) is 12.9 Å². The molecule has 0 unspecified atom stereocenters. The number of halogens is 1. The van der Waals surface area contributed by atoms with E-state index in [9.17, 15) is 0 Å². The molecular formula is C8H11BrMgSi. The van der Waals surface area contributed by atoms with Crippen molar-refractivity contribution in [2.75, 3.05) is 0 Å². The summed E-state index contributed by atoms with van der Waals surface area (Å²) in [5, 5.41) is 1.57. The van der Waals surface area contributed by atoms with Crippen LogP contribution < -0.4 is 8.88 Å². The fourth-order valence-electron chi connectivity index (χ4n) is 0.992. The van der Waals surface area contributed by atoms with Crippen molar-refractivity contribution >= 4 is 48.8 Å². The van der Waals surface area contributed by atoms with Crippen molar-refractivity contribution in [3.05, 3.63) is 24.3 Å². The van der Waals surface area contributed by atoms with Crippen LogP contribution in [0.15, 0.2) is 24.3 Å². The van der Waals surface area contributed by atoms with E-state index in [-0.39, 0.29) is 18.2 Å². The van der Waals surface area contributed by atoms with Gasteiger partial charge in [0.2, 0.25) is 0 Å². The molecule has 0 fully saturated rings. The van der Waals surface area contributed by atoms with E-state index in [1.165, 1.54) is 3.69 Å². The first-order valence-corrected chi connectivity index (χ1v) is 11.4. The fourth-order valence-corrected chi connectivity index (χ4v) is 3.49. The lowest BCUT2D eigenvalue weighted by molar-refractivity contribution is 1.80. The van der Waals surface area contributed by atoms with Gasteiger partial charge in [0.05, 0.1) is 8.80 Å². The molecule has 56 valence electrons. The number of hydrogen-bond donors (Lipinski definition) is 0. The van der Waals surface area contributed by atoms with Crippen LogP contribution in [0.1, 0.15) is 0 Å². The Kier molecular flexibility index (Phi) is 4.13. The predicted octanol–water partition coefficient (Wildman–Crippen LogP) is 1.02. The summed E-state index contributed by atoms with van der Waals surface area (Å²) in [4.78, 5) is 0. The second-order valence-corrected chi connectivity index (χ2v) is 8.77. The normalized spacial score (nSPS) is 9.82. The van der Waals surface area contributed by atoms with Gasteiger partial charge in [-0.15, -0.1) is 0 Å². The van der Waals surface area contributed by atoms with Gasteiger partial charge in [0, 0.05) is 0 Å². The van der Waals surface area contributed by atoms with Crippen molar-refractivity contribution in [1.82, 2.24) is 0 Å². The maximum atomic E-state index is 3.57. The molecule has 1 aromatic carbocycles. The van der Waals surface area contributed by atoms with Gasteiger partial charge in [0.25, 0.3) is 0 Å². The average Bonchev–Trinajstić information content (AvgIpc) is 2.05. The van der Waals surface area contributed by atoms with E-state index in [0.29, 0.717) is 0 Å². The average molecular weight is 239 g/mol. The van der Waals surface area contributed by atoms with Crippen molar-refractivity contribution in [1.29, 1.82) is 0 Å². The molecule has 0 nitrogen and oxygen atoms in total. The molecule has 0 N–H and O–H groups in total. The molecule has 11 heavy (non-hydrogen) atoms. The van der Waals surface area contributed by atoms with Crippen LogP contribution >= 0.6 is 12.9 Å². The Hall–Kier alpha value is 0.683. The zero-order valence-electron chi connectivity index (χ0n) is 6.97. The zero-order valence-corrected chi connectivity index (χ0v) is 11.1. The van der Waals surface area contributed by atoms with Gasteiger partial charge < -0.3 is 0 Å². The second-order valence-electron chi connectivity index (χ2n) is 3.03. The molecule has 0 heterocycles. The molecule has 1 aromatic rings. The third-order valence-corrected chi connectivity index (χ3v) is 6.24. The van der Waals surface area contributed by atoms with E-state index in [1.54, 1.807) is 5.19 Å². The van der Waals surface area contributed by atoms with Gasteiger partial charge >= 0.3 is 18.2 Å². The third-order valence-electron chi connectivity index (χ3n) is 1.80.